The molecule has 0 radical (unpaired) electrons. The zero-order chi connectivity index (χ0) is 23.7. The lowest BCUT2D eigenvalue weighted by Gasteiger charge is -2.24. The Bertz CT molecular complexity index is 1360. The van der Waals surface area contributed by atoms with E-state index in [0.29, 0.717) is 22.7 Å². The van der Waals surface area contributed by atoms with Crippen molar-refractivity contribution in [3.8, 4) is 11.5 Å². The van der Waals surface area contributed by atoms with Crippen molar-refractivity contribution < 1.29 is 19.4 Å². The van der Waals surface area contributed by atoms with Crippen LogP contribution in [0.25, 0.3) is 5.76 Å². The van der Waals surface area contributed by atoms with Crippen LogP contribution in [-0.2, 0) is 9.59 Å². The molecule has 0 saturated carbocycles. The number of benzene rings is 3. The van der Waals surface area contributed by atoms with E-state index in [2.05, 4.69) is 0 Å². The van der Waals surface area contributed by atoms with E-state index in [1.54, 1.807) is 36.4 Å². The highest BCUT2D eigenvalue weighted by molar-refractivity contribution is 7.10. The van der Waals surface area contributed by atoms with Crippen molar-refractivity contribution >= 4 is 34.5 Å². The van der Waals surface area contributed by atoms with Crippen molar-refractivity contribution in [2.75, 3.05) is 4.90 Å². The predicted octanol–water partition coefficient (Wildman–Crippen LogP) is 6.48. The largest absolute Gasteiger partial charge is 0.507 e. The molecule has 1 fully saturated rings. The van der Waals surface area contributed by atoms with Gasteiger partial charge in [0.25, 0.3) is 11.7 Å². The Morgan fingerprint density at radius 2 is 1.53 bits per heavy atom. The van der Waals surface area contributed by atoms with Crippen molar-refractivity contribution in [2.45, 2.75) is 13.0 Å². The van der Waals surface area contributed by atoms with E-state index in [9.17, 15) is 14.7 Å². The minimum Gasteiger partial charge on any atom is -0.507 e. The average molecular weight is 468 g/mol. The third kappa shape index (κ3) is 4.00. The van der Waals surface area contributed by atoms with E-state index >= 15 is 0 Å². The summed E-state index contributed by atoms with van der Waals surface area (Å²) in [6, 6.07) is 26.6. The molecule has 1 amide bonds. The Labute approximate surface area is 201 Å². The molecule has 1 unspecified atom stereocenters. The average Bonchev–Trinajstić information content (AvgIpc) is 3.47. The van der Waals surface area contributed by atoms with Gasteiger partial charge in [0, 0.05) is 16.1 Å². The molecule has 1 aromatic heterocycles. The molecule has 1 aliphatic heterocycles. The molecular weight excluding hydrogens is 446 g/mol. The number of carbonyl (C=O) groups excluding carboxylic acids is 2. The van der Waals surface area contributed by atoms with Gasteiger partial charge >= 0.3 is 0 Å². The maximum atomic E-state index is 13.2. The standard InChI is InChI=1S/C28H21NO4S/c1-18-9-11-19(12-10-18)26(30)24-25(23-8-5-17-34-23)29(28(32)27(24)31)20-13-15-22(16-14-20)33-21-6-3-2-4-7-21/h2-17,25,30H,1H3/b26-24-. The summed E-state index contributed by atoms with van der Waals surface area (Å²) in [5.74, 6) is -0.251. The fourth-order valence-electron chi connectivity index (χ4n) is 3.98. The van der Waals surface area contributed by atoms with Gasteiger partial charge in [-0.3, -0.25) is 14.5 Å². The molecule has 2 heterocycles. The molecule has 1 saturated heterocycles. The fraction of sp³-hybridized carbons (Fsp3) is 0.0714. The number of hydrogen-bond acceptors (Lipinski definition) is 5. The van der Waals surface area contributed by atoms with Crippen LogP contribution < -0.4 is 9.64 Å². The number of hydrogen-bond donors (Lipinski definition) is 1. The summed E-state index contributed by atoms with van der Waals surface area (Å²) >= 11 is 1.43. The van der Waals surface area contributed by atoms with Crippen molar-refractivity contribution in [2.24, 2.45) is 0 Å². The lowest BCUT2D eigenvalue weighted by atomic mass is 9.99. The summed E-state index contributed by atoms with van der Waals surface area (Å²) in [5, 5.41) is 13.0. The molecule has 3 aromatic carbocycles. The Kier molecular flexibility index (Phi) is 5.74. The molecule has 0 spiro atoms. The van der Waals surface area contributed by atoms with Crippen molar-refractivity contribution in [3.05, 3.63) is 118 Å². The normalized spacial score (nSPS) is 17.2. The van der Waals surface area contributed by atoms with E-state index in [1.807, 2.05) is 66.9 Å². The van der Waals surface area contributed by atoms with Crippen LogP contribution >= 0.6 is 11.3 Å². The first-order valence-electron chi connectivity index (χ1n) is 10.8. The molecule has 1 aliphatic rings. The highest BCUT2D eigenvalue weighted by Crippen LogP contribution is 2.43. The first-order chi connectivity index (χ1) is 16.5. The number of ketones is 1. The molecule has 4 aromatic rings. The lowest BCUT2D eigenvalue weighted by Crippen LogP contribution is -2.29. The Morgan fingerprint density at radius 3 is 2.18 bits per heavy atom. The molecule has 1 N–H and O–H groups in total. The van der Waals surface area contributed by atoms with Gasteiger partial charge < -0.3 is 9.84 Å². The zero-order valence-corrected chi connectivity index (χ0v) is 19.2. The Balaban J connectivity index is 1.55. The Morgan fingerprint density at radius 1 is 0.853 bits per heavy atom. The summed E-state index contributed by atoms with van der Waals surface area (Å²) in [4.78, 5) is 28.6. The highest BCUT2D eigenvalue weighted by Gasteiger charge is 2.47. The molecule has 5 rings (SSSR count). The summed E-state index contributed by atoms with van der Waals surface area (Å²) in [7, 11) is 0. The van der Waals surface area contributed by atoms with E-state index in [0.717, 1.165) is 10.4 Å². The maximum absolute atomic E-state index is 13.2. The number of carbonyl (C=O) groups is 2. The summed E-state index contributed by atoms with van der Waals surface area (Å²) in [5.41, 5.74) is 2.16. The monoisotopic (exact) mass is 467 g/mol. The first kappa shape index (κ1) is 21.7. The van der Waals surface area contributed by atoms with Crippen LogP contribution in [0.2, 0.25) is 0 Å². The minimum absolute atomic E-state index is 0.0842. The van der Waals surface area contributed by atoms with Gasteiger partial charge in [0.1, 0.15) is 23.3 Å². The minimum atomic E-state index is -0.720. The number of anilines is 1. The summed E-state index contributed by atoms with van der Waals surface area (Å²) in [6.45, 7) is 1.94. The molecule has 5 nitrogen and oxygen atoms in total. The van der Waals surface area contributed by atoms with E-state index in [1.165, 1.54) is 16.2 Å². The van der Waals surface area contributed by atoms with Crippen LogP contribution in [0.4, 0.5) is 5.69 Å². The molecular formula is C28H21NO4S. The van der Waals surface area contributed by atoms with E-state index in [-0.39, 0.29) is 11.3 Å². The van der Waals surface area contributed by atoms with E-state index < -0.39 is 17.7 Å². The van der Waals surface area contributed by atoms with Gasteiger partial charge in [-0.1, -0.05) is 54.1 Å². The molecule has 0 aliphatic carbocycles. The molecule has 1 atom stereocenters. The molecule has 34 heavy (non-hydrogen) atoms. The molecule has 168 valence electrons. The SMILES string of the molecule is Cc1ccc(/C(O)=C2/C(=O)C(=O)N(c3ccc(Oc4ccccc4)cc3)C2c2cccs2)cc1. The van der Waals surface area contributed by atoms with Gasteiger partial charge in [0.05, 0.1) is 5.57 Å². The van der Waals surface area contributed by atoms with E-state index in [4.69, 9.17) is 4.74 Å². The highest BCUT2D eigenvalue weighted by atomic mass is 32.1. The van der Waals surface area contributed by atoms with Gasteiger partial charge in [0.2, 0.25) is 0 Å². The van der Waals surface area contributed by atoms with Gasteiger partial charge in [-0.25, -0.2) is 0 Å². The van der Waals surface area contributed by atoms with Crippen LogP contribution in [0.15, 0.2) is 102 Å². The number of para-hydroxylation sites is 1. The molecule has 6 heteroatoms. The summed E-state index contributed by atoms with van der Waals surface area (Å²) in [6.07, 6.45) is 0. The topological polar surface area (TPSA) is 66.8 Å². The van der Waals surface area contributed by atoms with Gasteiger partial charge in [0.15, 0.2) is 0 Å². The summed E-state index contributed by atoms with van der Waals surface area (Å²) < 4.78 is 5.85. The van der Waals surface area contributed by atoms with Crippen LogP contribution in [-0.4, -0.2) is 16.8 Å². The zero-order valence-electron chi connectivity index (χ0n) is 18.3. The third-order valence-corrected chi connectivity index (χ3v) is 6.60. The van der Waals surface area contributed by atoms with Gasteiger partial charge in [-0.15, -0.1) is 11.3 Å². The number of nitrogens with zero attached hydrogens (tertiary/aromatic N) is 1. The number of aliphatic hydroxyl groups is 1. The number of ether oxygens (including phenoxy) is 1. The van der Waals surface area contributed by atoms with Crippen molar-refractivity contribution in [3.63, 3.8) is 0 Å². The second kappa shape index (κ2) is 9.00. The second-order valence-electron chi connectivity index (χ2n) is 7.96. The fourth-order valence-corrected chi connectivity index (χ4v) is 4.80. The van der Waals surface area contributed by atoms with Crippen molar-refractivity contribution in [1.82, 2.24) is 0 Å². The van der Waals surface area contributed by atoms with Crippen LogP contribution in [0, 0.1) is 6.92 Å². The number of aryl methyl sites for hydroxylation is 1. The van der Waals surface area contributed by atoms with Crippen LogP contribution in [0.3, 0.4) is 0 Å². The number of aliphatic hydroxyl groups excluding tert-OH is 1. The lowest BCUT2D eigenvalue weighted by molar-refractivity contribution is -0.132. The molecule has 0 bridgehead atoms. The predicted molar refractivity (Wildman–Crippen MR) is 133 cm³/mol. The van der Waals surface area contributed by atoms with Gasteiger partial charge in [-0.2, -0.15) is 0 Å². The van der Waals surface area contributed by atoms with Gasteiger partial charge in [-0.05, 0) is 54.8 Å². The van der Waals surface area contributed by atoms with Crippen LogP contribution in [0.5, 0.6) is 11.5 Å². The Hall–Kier alpha value is -4.16. The maximum Gasteiger partial charge on any atom is 0.300 e. The smallest absolute Gasteiger partial charge is 0.300 e. The second-order valence-corrected chi connectivity index (χ2v) is 8.94. The number of thiophene rings is 1. The van der Waals surface area contributed by atoms with Crippen molar-refractivity contribution in [1.29, 1.82) is 0 Å². The first-order valence-corrected chi connectivity index (χ1v) is 11.7. The number of Topliss-reactive ketones (excluding diaryl/α,β-unsaturated/α-hetero) is 1. The number of rotatable bonds is 5. The third-order valence-electron chi connectivity index (χ3n) is 5.68. The number of amides is 1. The quantitative estimate of drug-likeness (QED) is 0.207. The van der Waals surface area contributed by atoms with Crippen LogP contribution in [0.1, 0.15) is 22.0 Å².